The number of aromatic nitrogens is 4. The molecule has 0 bridgehead atoms. The number of piperidine rings is 1. The van der Waals surface area contributed by atoms with Crippen LogP contribution in [-0.2, 0) is 16.1 Å². The molecule has 0 saturated carbocycles. The first-order valence-corrected chi connectivity index (χ1v) is 15.8. The number of ether oxygens (including phenoxy) is 2. The number of carbonyl (C=O) groups is 2. The van der Waals surface area contributed by atoms with E-state index in [-0.39, 0.29) is 6.04 Å². The highest BCUT2D eigenvalue weighted by Crippen LogP contribution is 2.42. The predicted molar refractivity (Wildman–Crippen MR) is 177 cm³/mol. The number of nitrogens with zero attached hydrogens (tertiary/aromatic N) is 4. The number of rotatable bonds is 10. The van der Waals surface area contributed by atoms with Crippen LogP contribution in [0.5, 0.6) is 5.75 Å². The molecule has 246 valence electrons. The van der Waals surface area contributed by atoms with Crippen LogP contribution in [0.2, 0.25) is 0 Å². The molecular weight excluding hydrogens is 586 g/mol. The Morgan fingerprint density at radius 2 is 1.91 bits per heavy atom. The number of anilines is 2. The number of benzene rings is 1. The summed E-state index contributed by atoms with van der Waals surface area (Å²) in [5.41, 5.74) is 2.14. The second-order valence-electron chi connectivity index (χ2n) is 13.5. The topological polar surface area (TPSA) is 147 Å². The van der Waals surface area contributed by atoms with E-state index >= 15 is 0 Å². The summed E-state index contributed by atoms with van der Waals surface area (Å²) >= 11 is 0. The zero-order valence-corrected chi connectivity index (χ0v) is 27.5. The molecule has 2 atom stereocenters. The fourth-order valence-electron chi connectivity index (χ4n) is 5.24. The zero-order chi connectivity index (χ0) is 33.1. The number of esters is 1. The number of alkyl carbamates (subject to hydrolysis) is 1. The molecule has 2 unspecified atom stereocenters. The van der Waals surface area contributed by atoms with Crippen LogP contribution in [0.1, 0.15) is 78.2 Å². The van der Waals surface area contributed by atoms with Gasteiger partial charge >= 0.3 is 12.1 Å². The van der Waals surface area contributed by atoms with Gasteiger partial charge in [0.05, 0.1) is 41.1 Å². The van der Waals surface area contributed by atoms with Gasteiger partial charge in [0.2, 0.25) is 0 Å². The smallest absolute Gasteiger partial charge is 0.407 e. The third-order valence-electron chi connectivity index (χ3n) is 8.18. The molecule has 4 heterocycles. The first-order valence-electron chi connectivity index (χ1n) is 15.8. The molecule has 4 N–H and O–H groups in total. The van der Waals surface area contributed by atoms with Crippen LogP contribution in [0.15, 0.2) is 55.1 Å². The number of hydrogen-bond donors (Lipinski definition) is 4. The molecule has 1 aromatic carbocycles. The van der Waals surface area contributed by atoms with E-state index in [0.29, 0.717) is 59.8 Å². The summed E-state index contributed by atoms with van der Waals surface area (Å²) in [7, 11) is 0. The van der Waals surface area contributed by atoms with Crippen molar-refractivity contribution in [2.75, 3.05) is 23.3 Å². The van der Waals surface area contributed by atoms with Gasteiger partial charge in [-0.1, -0.05) is 37.3 Å². The highest BCUT2D eigenvalue weighted by Gasteiger charge is 2.32. The van der Waals surface area contributed by atoms with Crippen molar-refractivity contribution in [2.24, 2.45) is 5.41 Å². The summed E-state index contributed by atoms with van der Waals surface area (Å²) in [5.74, 6) is -0.0987. The number of amides is 1. The predicted octanol–water partition coefficient (Wildman–Crippen LogP) is 5.75. The van der Waals surface area contributed by atoms with Crippen molar-refractivity contribution in [1.82, 2.24) is 25.1 Å². The first kappa shape index (κ1) is 32.8. The third kappa shape index (κ3) is 7.79. The summed E-state index contributed by atoms with van der Waals surface area (Å²) < 4.78 is 13.4. The van der Waals surface area contributed by atoms with Crippen molar-refractivity contribution in [3.8, 4) is 5.75 Å². The zero-order valence-electron chi connectivity index (χ0n) is 27.5. The van der Waals surface area contributed by atoms with Gasteiger partial charge in [0.15, 0.2) is 12.0 Å². The molecule has 1 amide bonds. The maximum atomic E-state index is 13.1. The van der Waals surface area contributed by atoms with E-state index in [1.54, 1.807) is 50.2 Å². The van der Waals surface area contributed by atoms with Gasteiger partial charge in [-0.3, -0.25) is 9.48 Å². The van der Waals surface area contributed by atoms with Gasteiger partial charge in [0.25, 0.3) is 0 Å². The quantitative estimate of drug-likeness (QED) is 0.127. The lowest BCUT2D eigenvalue weighted by molar-refractivity contribution is -0.142. The number of hydrogen-bond acceptors (Lipinski definition) is 9. The van der Waals surface area contributed by atoms with Crippen molar-refractivity contribution in [3.05, 3.63) is 66.2 Å². The fourth-order valence-corrected chi connectivity index (χ4v) is 5.24. The Morgan fingerprint density at radius 1 is 1.15 bits per heavy atom. The minimum atomic E-state index is -1.08. The lowest BCUT2D eigenvalue weighted by Crippen LogP contribution is -2.49. The highest BCUT2D eigenvalue weighted by atomic mass is 16.6. The average Bonchev–Trinajstić information content (AvgIpc) is 3.64. The van der Waals surface area contributed by atoms with Gasteiger partial charge in [0.1, 0.15) is 11.2 Å². The SMILES string of the molecule is CCC(C)(C)OC(=O)NC1CCCN(c2c(OC(=O)C(C)(C)C)cnc3[nH]cc(NC(O)c4cnn(Cc5ccccc5)c4)c23)C1. The Hall–Kier alpha value is -4.58. The van der Waals surface area contributed by atoms with Crippen LogP contribution in [0.4, 0.5) is 16.2 Å². The molecular formula is C34H45N7O5. The van der Waals surface area contributed by atoms with Gasteiger partial charge in [-0.15, -0.1) is 0 Å². The standard InChI is InChI=1S/C34H45N7O5/c1-7-34(5,6)46-32(44)38-24-14-11-15-40(21-24)28-26(45-31(43)33(2,3)4)18-36-29-27(28)25(17-35-29)39-30(42)23-16-37-41(20-23)19-22-12-9-8-10-13-22/h8-10,12-13,16-18,20,24,30,39,42H,7,11,14-15,19,21H2,1-6H3,(H,35,36)(H,38,44). The van der Waals surface area contributed by atoms with Crippen LogP contribution >= 0.6 is 0 Å². The van der Waals surface area contributed by atoms with Crippen molar-refractivity contribution in [1.29, 1.82) is 0 Å². The maximum absolute atomic E-state index is 13.1. The van der Waals surface area contributed by atoms with E-state index in [1.165, 1.54) is 0 Å². The maximum Gasteiger partial charge on any atom is 0.407 e. The average molecular weight is 632 g/mol. The van der Waals surface area contributed by atoms with E-state index in [9.17, 15) is 14.7 Å². The van der Waals surface area contributed by atoms with Crippen LogP contribution in [0.25, 0.3) is 11.0 Å². The Balaban J connectivity index is 1.44. The van der Waals surface area contributed by atoms with Gasteiger partial charge in [-0.05, 0) is 59.4 Å². The van der Waals surface area contributed by atoms with Gasteiger partial charge in [-0.25, -0.2) is 9.78 Å². The van der Waals surface area contributed by atoms with E-state index < -0.39 is 29.3 Å². The monoisotopic (exact) mass is 631 g/mol. The number of aliphatic hydroxyl groups is 1. The normalized spacial score (nSPS) is 16.2. The number of H-pyrrole nitrogens is 1. The van der Waals surface area contributed by atoms with E-state index in [4.69, 9.17) is 9.47 Å². The summed E-state index contributed by atoms with van der Waals surface area (Å²) in [4.78, 5) is 35.7. The number of pyridine rings is 1. The Labute approximate surface area is 269 Å². The fraction of sp³-hybridized carbons (Fsp3) is 0.471. The molecule has 0 radical (unpaired) electrons. The molecule has 5 rings (SSSR count). The van der Waals surface area contributed by atoms with E-state index in [1.807, 2.05) is 51.1 Å². The largest absolute Gasteiger partial charge is 0.444 e. The molecule has 12 nitrogen and oxygen atoms in total. The first-order chi connectivity index (χ1) is 21.8. The van der Waals surface area contributed by atoms with Crippen molar-refractivity contribution in [2.45, 2.75) is 85.2 Å². The van der Waals surface area contributed by atoms with Crippen LogP contribution in [0.3, 0.4) is 0 Å². The van der Waals surface area contributed by atoms with Crippen molar-refractivity contribution in [3.63, 3.8) is 0 Å². The minimum Gasteiger partial charge on any atom is -0.444 e. The van der Waals surface area contributed by atoms with E-state index in [0.717, 1.165) is 18.4 Å². The molecule has 12 heteroatoms. The van der Waals surface area contributed by atoms with Crippen LogP contribution in [-0.4, -0.2) is 61.6 Å². The highest BCUT2D eigenvalue weighted by molar-refractivity contribution is 6.03. The second kappa shape index (κ2) is 13.4. The summed E-state index contributed by atoms with van der Waals surface area (Å²) in [6, 6.07) is 9.77. The van der Waals surface area contributed by atoms with E-state index in [2.05, 4.69) is 30.6 Å². The Bertz CT molecular complexity index is 1660. The molecule has 46 heavy (non-hydrogen) atoms. The number of carbonyl (C=O) groups excluding carboxylic acids is 2. The second-order valence-corrected chi connectivity index (χ2v) is 13.5. The molecule has 3 aromatic heterocycles. The molecule has 4 aromatic rings. The van der Waals surface area contributed by atoms with Crippen molar-refractivity contribution >= 4 is 34.5 Å². The number of fused-ring (bicyclic) bond motifs is 1. The van der Waals surface area contributed by atoms with Gasteiger partial charge in [-0.2, -0.15) is 5.10 Å². The summed E-state index contributed by atoms with van der Waals surface area (Å²) in [5, 5.41) is 22.6. The number of nitrogens with one attached hydrogen (secondary N) is 3. The van der Waals surface area contributed by atoms with Gasteiger partial charge in [0, 0.05) is 37.1 Å². The number of aromatic amines is 1. The molecule has 0 aliphatic carbocycles. The summed E-state index contributed by atoms with van der Waals surface area (Å²) in [6.45, 7) is 12.8. The van der Waals surface area contributed by atoms with Crippen LogP contribution < -0.4 is 20.3 Å². The molecule has 0 spiro atoms. The Morgan fingerprint density at radius 3 is 2.63 bits per heavy atom. The minimum absolute atomic E-state index is 0.195. The Kier molecular flexibility index (Phi) is 9.57. The lowest BCUT2D eigenvalue weighted by Gasteiger charge is -2.36. The molecule has 1 aliphatic heterocycles. The molecule has 1 aliphatic rings. The molecule has 1 saturated heterocycles. The lowest BCUT2D eigenvalue weighted by atomic mass is 9.97. The number of aliphatic hydroxyl groups excluding tert-OH is 1. The third-order valence-corrected chi connectivity index (χ3v) is 8.18. The van der Waals surface area contributed by atoms with Gasteiger partial charge < -0.3 is 35.1 Å². The molecule has 1 fully saturated rings. The van der Waals surface area contributed by atoms with Crippen LogP contribution in [0, 0.1) is 5.41 Å². The summed E-state index contributed by atoms with van der Waals surface area (Å²) in [6.07, 6.45) is 7.42. The van der Waals surface area contributed by atoms with Crippen molar-refractivity contribution < 1.29 is 24.2 Å².